The van der Waals surface area contributed by atoms with E-state index in [0.29, 0.717) is 32.3 Å². The summed E-state index contributed by atoms with van der Waals surface area (Å²) in [6.07, 6.45) is 0. The van der Waals surface area contributed by atoms with Crippen LogP contribution in [0.5, 0.6) is 0 Å². The molecule has 0 aliphatic rings. The number of rotatable bonds is 4. The number of benzene rings is 4. The maximum Gasteiger partial charge on any atom is 0.193 e. The molecule has 0 atom stereocenters. The molecule has 0 radical (unpaired) electrons. The van der Waals surface area contributed by atoms with E-state index < -0.39 is 0 Å². The first-order chi connectivity index (χ1) is 14.4. The second-order valence-electron chi connectivity index (χ2n) is 7.28. The summed E-state index contributed by atoms with van der Waals surface area (Å²) in [5.74, 6) is -0.188. The third-order valence-corrected chi connectivity index (χ3v) is 5.79. The molecule has 0 N–H and O–H groups in total. The molecule has 0 amide bonds. The normalized spacial score (nSPS) is 10.9. The van der Waals surface area contributed by atoms with Crippen molar-refractivity contribution in [1.29, 1.82) is 0 Å². The number of fused-ring (bicyclic) bond motifs is 1. The van der Waals surface area contributed by atoms with Gasteiger partial charge in [0.15, 0.2) is 11.6 Å². The van der Waals surface area contributed by atoms with Crippen LogP contribution < -0.4 is 0 Å². The van der Waals surface area contributed by atoms with Gasteiger partial charge in [0.2, 0.25) is 0 Å². The number of carbonyl (C=O) groups excluding carboxylic acids is 2. The molecule has 4 rings (SSSR count). The number of halogens is 2. The molecular formula is C26H18Cl2O2. The number of hydrogen-bond acceptors (Lipinski definition) is 2. The fraction of sp³-hybridized carbons (Fsp3) is 0.0769. The van der Waals surface area contributed by atoms with E-state index in [2.05, 4.69) is 0 Å². The molecule has 0 spiro atoms. The van der Waals surface area contributed by atoms with Gasteiger partial charge in [0.25, 0.3) is 0 Å². The van der Waals surface area contributed by atoms with Gasteiger partial charge in [-0.1, -0.05) is 47.5 Å². The topological polar surface area (TPSA) is 34.1 Å². The van der Waals surface area contributed by atoms with Gasteiger partial charge in [0.05, 0.1) is 0 Å². The number of carbonyl (C=O) groups is 2. The zero-order valence-electron chi connectivity index (χ0n) is 16.5. The van der Waals surface area contributed by atoms with E-state index >= 15 is 0 Å². The summed E-state index contributed by atoms with van der Waals surface area (Å²) >= 11 is 11.9. The van der Waals surface area contributed by atoms with Crippen molar-refractivity contribution in [2.75, 3.05) is 0 Å². The Hall–Kier alpha value is -2.94. The second kappa shape index (κ2) is 8.06. The fourth-order valence-electron chi connectivity index (χ4n) is 3.72. The van der Waals surface area contributed by atoms with Crippen molar-refractivity contribution >= 4 is 45.5 Å². The minimum Gasteiger partial charge on any atom is -0.289 e. The van der Waals surface area contributed by atoms with Crippen LogP contribution in [0, 0.1) is 13.8 Å². The molecule has 4 aromatic carbocycles. The lowest BCUT2D eigenvalue weighted by Crippen LogP contribution is -2.08. The van der Waals surface area contributed by atoms with Gasteiger partial charge in [-0.05, 0) is 84.3 Å². The highest BCUT2D eigenvalue weighted by molar-refractivity contribution is 6.31. The van der Waals surface area contributed by atoms with Crippen LogP contribution >= 0.6 is 23.2 Å². The maximum atomic E-state index is 13.3. The summed E-state index contributed by atoms with van der Waals surface area (Å²) in [6.45, 7) is 3.81. The van der Waals surface area contributed by atoms with Crippen LogP contribution in [0.3, 0.4) is 0 Å². The average Bonchev–Trinajstić information content (AvgIpc) is 2.74. The van der Waals surface area contributed by atoms with Crippen molar-refractivity contribution in [3.8, 4) is 0 Å². The molecule has 0 aliphatic heterocycles. The molecule has 2 nitrogen and oxygen atoms in total. The first-order valence-electron chi connectivity index (χ1n) is 9.50. The number of ketones is 2. The summed E-state index contributed by atoms with van der Waals surface area (Å²) < 4.78 is 0. The molecular weight excluding hydrogens is 415 g/mol. The predicted octanol–water partition coefficient (Wildman–Crippen LogP) is 7.23. The van der Waals surface area contributed by atoms with Crippen LogP contribution in [0.2, 0.25) is 10.0 Å². The first-order valence-corrected chi connectivity index (χ1v) is 10.3. The Morgan fingerprint density at radius 3 is 1.20 bits per heavy atom. The van der Waals surface area contributed by atoms with E-state index in [4.69, 9.17) is 23.2 Å². The lowest BCUT2D eigenvalue weighted by atomic mass is 9.87. The van der Waals surface area contributed by atoms with Gasteiger partial charge < -0.3 is 0 Å². The molecule has 148 valence electrons. The molecule has 0 aromatic heterocycles. The highest BCUT2D eigenvalue weighted by Crippen LogP contribution is 2.31. The van der Waals surface area contributed by atoms with Gasteiger partial charge in [0.1, 0.15) is 0 Å². The third-order valence-electron chi connectivity index (χ3n) is 5.28. The maximum absolute atomic E-state index is 13.3. The van der Waals surface area contributed by atoms with Gasteiger partial charge in [-0.3, -0.25) is 9.59 Å². The van der Waals surface area contributed by atoms with Crippen molar-refractivity contribution in [3.05, 3.63) is 116 Å². The largest absolute Gasteiger partial charge is 0.289 e. The van der Waals surface area contributed by atoms with Crippen molar-refractivity contribution in [1.82, 2.24) is 0 Å². The Kier molecular flexibility index (Phi) is 5.46. The Balaban J connectivity index is 1.92. The molecule has 0 saturated heterocycles. The van der Waals surface area contributed by atoms with Crippen molar-refractivity contribution < 1.29 is 9.59 Å². The second-order valence-corrected chi connectivity index (χ2v) is 8.15. The molecule has 0 saturated carbocycles. The molecule has 0 unspecified atom stereocenters. The van der Waals surface area contributed by atoms with E-state index in [1.54, 1.807) is 48.5 Å². The lowest BCUT2D eigenvalue weighted by Gasteiger charge is -2.15. The van der Waals surface area contributed by atoms with E-state index in [1.807, 2.05) is 38.1 Å². The predicted molar refractivity (Wildman–Crippen MR) is 123 cm³/mol. The average molecular weight is 433 g/mol. The van der Waals surface area contributed by atoms with Gasteiger partial charge in [-0.2, -0.15) is 0 Å². The van der Waals surface area contributed by atoms with E-state index in [0.717, 1.165) is 21.9 Å². The highest BCUT2D eigenvalue weighted by Gasteiger charge is 2.21. The molecule has 4 aromatic rings. The summed E-state index contributed by atoms with van der Waals surface area (Å²) in [7, 11) is 0. The van der Waals surface area contributed by atoms with Crippen LogP contribution in [0.1, 0.15) is 43.0 Å². The minimum absolute atomic E-state index is 0.0940. The smallest absolute Gasteiger partial charge is 0.193 e. The standard InChI is InChI=1S/C26H18Cl2O2/c1-15-3-13-22-21(23(15)25(29)17-5-9-19(27)10-6-17)14-4-16(2)24(22)26(30)18-7-11-20(28)12-8-18/h3-14H,1-2H3. The highest BCUT2D eigenvalue weighted by atomic mass is 35.5. The quantitative estimate of drug-likeness (QED) is 0.318. The summed E-state index contributed by atoms with van der Waals surface area (Å²) in [5.41, 5.74) is 4.02. The first kappa shape index (κ1) is 20.3. The summed E-state index contributed by atoms with van der Waals surface area (Å²) in [5, 5.41) is 2.68. The molecule has 30 heavy (non-hydrogen) atoms. The van der Waals surface area contributed by atoms with E-state index in [-0.39, 0.29) is 11.6 Å². The van der Waals surface area contributed by atoms with Gasteiger partial charge in [-0.15, -0.1) is 0 Å². The zero-order chi connectivity index (χ0) is 21.4. The Morgan fingerprint density at radius 1 is 0.533 bits per heavy atom. The van der Waals surface area contributed by atoms with Crippen LogP contribution in [0.15, 0.2) is 72.8 Å². The van der Waals surface area contributed by atoms with Crippen LogP contribution in [-0.2, 0) is 0 Å². The van der Waals surface area contributed by atoms with E-state index in [1.165, 1.54) is 0 Å². The monoisotopic (exact) mass is 432 g/mol. The SMILES string of the molecule is Cc1ccc2c(C(=O)c3ccc(Cl)cc3)c(C)ccc2c1C(=O)c1ccc(Cl)cc1. The summed E-state index contributed by atoms with van der Waals surface area (Å²) in [6, 6.07) is 21.3. The van der Waals surface area contributed by atoms with Gasteiger partial charge in [-0.25, -0.2) is 0 Å². The molecule has 0 fully saturated rings. The molecule has 0 heterocycles. The van der Waals surface area contributed by atoms with Gasteiger partial charge in [0, 0.05) is 32.3 Å². The van der Waals surface area contributed by atoms with Crippen LogP contribution in [-0.4, -0.2) is 11.6 Å². The van der Waals surface area contributed by atoms with E-state index in [9.17, 15) is 9.59 Å². The third kappa shape index (κ3) is 3.65. The number of hydrogen-bond donors (Lipinski definition) is 0. The Morgan fingerprint density at radius 2 is 0.867 bits per heavy atom. The fourth-order valence-corrected chi connectivity index (χ4v) is 3.97. The molecule has 0 bridgehead atoms. The van der Waals surface area contributed by atoms with Crippen molar-refractivity contribution in [2.24, 2.45) is 0 Å². The molecule has 0 aliphatic carbocycles. The van der Waals surface area contributed by atoms with Gasteiger partial charge >= 0.3 is 0 Å². The Labute approximate surface area is 185 Å². The van der Waals surface area contributed by atoms with Crippen LogP contribution in [0.4, 0.5) is 0 Å². The minimum atomic E-state index is -0.0940. The summed E-state index contributed by atoms with van der Waals surface area (Å²) in [4.78, 5) is 26.6. The Bertz CT molecular complexity index is 1180. The van der Waals surface area contributed by atoms with Crippen molar-refractivity contribution in [3.63, 3.8) is 0 Å². The zero-order valence-corrected chi connectivity index (χ0v) is 18.0. The van der Waals surface area contributed by atoms with Crippen LogP contribution in [0.25, 0.3) is 10.8 Å². The lowest BCUT2D eigenvalue weighted by molar-refractivity contribution is 0.103. The van der Waals surface area contributed by atoms with Crippen molar-refractivity contribution in [2.45, 2.75) is 13.8 Å². The number of aryl methyl sites for hydroxylation is 2. The molecule has 4 heteroatoms.